The molecule has 2 atom stereocenters. The second kappa shape index (κ2) is 7.21. The lowest BCUT2D eigenvalue weighted by Gasteiger charge is -2.28. The number of amides is 1. The van der Waals surface area contributed by atoms with Crippen LogP contribution in [0.4, 0.5) is 0 Å². The predicted molar refractivity (Wildman–Crippen MR) is 97.6 cm³/mol. The van der Waals surface area contributed by atoms with Gasteiger partial charge in [-0.2, -0.15) is 0 Å². The normalized spacial score (nSPS) is 22.7. The lowest BCUT2D eigenvalue weighted by atomic mass is 9.95. The average Bonchev–Trinajstić information content (AvgIpc) is 3.41. The van der Waals surface area contributed by atoms with Crippen LogP contribution in [-0.4, -0.2) is 41.0 Å². The van der Waals surface area contributed by atoms with E-state index in [0.29, 0.717) is 23.7 Å². The molecule has 1 saturated heterocycles. The minimum Gasteiger partial charge on any atom is -0.503 e. The van der Waals surface area contributed by atoms with E-state index in [1.165, 1.54) is 17.2 Å². The van der Waals surface area contributed by atoms with Gasteiger partial charge in [-0.3, -0.25) is 9.59 Å². The maximum Gasteiger partial charge on any atom is 0.290 e. The smallest absolute Gasteiger partial charge is 0.290 e. The molecule has 7 heteroatoms. The summed E-state index contributed by atoms with van der Waals surface area (Å²) in [6.07, 6.45) is 3.02. The van der Waals surface area contributed by atoms with Crippen molar-refractivity contribution in [2.24, 2.45) is 0 Å². The minimum absolute atomic E-state index is 0.00951. The number of nitrogens with zero attached hydrogens (tertiary/aromatic N) is 1. The number of ketones is 1. The zero-order valence-electron chi connectivity index (χ0n) is 14.4. The highest BCUT2D eigenvalue weighted by Crippen LogP contribution is 2.40. The molecule has 1 aromatic heterocycles. The van der Waals surface area contributed by atoms with E-state index < -0.39 is 23.5 Å². The average molecular weight is 388 g/mol. The monoisotopic (exact) mass is 387 g/mol. The summed E-state index contributed by atoms with van der Waals surface area (Å²) in [5.74, 6) is -1.57. The Balaban J connectivity index is 1.75. The van der Waals surface area contributed by atoms with E-state index in [4.69, 9.17) is 20.8 Å². The van der Waals surface area contributed by atoms with E-state index in [2.05, 4.69) is 0 Å². The molecule has 0 unspecified atom stereocenters. The zero-order chi connectivity index (χ0) is 19.0. The van der Waals surface area contributed by atoms with Gasteiger partial charge in [0.15, 0.2) is 11.5 Å². The van der Waals surface area contributed by atoms with Crippen LogP contribution in [0.5, 0.6) is 0 Å². The molecule has 1 fully saturated rings. The molecule has 27 heavy (non-hydrogen) atoms. The molecule has 2 aromatic rings. The zero-order valence-corrected chi connectivity index (χ0v) is 15.2. The topological polar surface area (TPSA) is 80.0 Å². The van der Waals surface area contributed by atoms with Crippen molar-refractivity contribution in [3.63, 3.8) is 0 Å². The lowest BCUT2D eigenvalue weighted by molar-refractivity contribution is -0.131. The Hall–Kier alpha value is -2.57. The van der Waals surface area contributed by atoms with Gasteiger partial charge in [0.1, 0.15) is 0 Å². The number of rotatable bonds is 5. The summed E-state index contributed by atoms with van der Waals surface area (Å²) in [4.78, 5) is 27.2. The molecule has 2 aliphatic rings. The van der Waals surface area contributed by atoms with Crippen LogP contribution in [0.1, 0.15) is 35.0 Å². The number of halogens is 1. The van der Waals surface area contributed by atoms with Gasteiger partial charge in [-0.15, -0.1) is 0 Å². The Kier molecular flexibility index (Phi) is 4.76. The van der Waals surface area contributed by atoms with Crippen LogP contribution in [0.3, 0.4) is 0 Å². The first-order valence-corrected chi connectivity index (χ1v) is 9.13. The van der Waals surface area contributed by atoms with Crippen molar-refractivity contribution in [1.82, 2.24) is 4.90 Å². The number of carbonyl (C=O) groups is 2. The summed E-state index contributed by atoms with van der Waals surface area (Å²) in [5.41, 5.74) is 0.694. The molecule has 1 N–H and O–H groups in total. The van der Waals surface area contributed by atoms with Crippen molar-refractivity contribution in [3.05, 3.63) is 70.3 Å². The Morgan fingerprint density at radius 1 is 1.26 bits per heavy atom. The van der Waals surface area contributed by atoms with Crippen molar-refractivity contribution in [1.29, 1.82) is 0 Å². The molecule has 0 saturated carbocycles. The molecule has 1 amide bonds. The van der Waals surface area contributed by atoms with Crippen LogP contribution in [0.25, 0.3) is 0 Å². The predicted octanol–water partition coefficient (Wildman–Crippen LogP) is 3.69. The van der Waals surface area contributed by atoms with Crippen LogP contribution >= 0.6 is 11.6 Å². The number of furan rings is 1. The summed E-state index contributed by atoms with van der Waals surface area (Å²) in [5, 5.41) is 11.1. The number of Topliss-reactive ketones (excluding diaryl/α,β-unsaturated/α-hetero) is 1. The van der Waals surface area contributed by atoms with Gasteiger partial charge in [0.05, 0.1) is 24.0 Å². The summed E-state index contributed by atoms with van der Waals surface area (Å²) in [6.45, 7) is 0.945. The van der Waals surface area contributed by atoms with Crippen molar-refractivity contribution in [3.8, 4) is 0 Å². The fraction of sp³-hybridized carbons (Fsp3) is 0.300. The van der Waals surface area contributed by atoms with Gasteiger partial charge in [0.2, 0.25) is 5.78 Å². The molecule has 0 radical (unpaired) electrons. The van der Waals surface area contributed by atoms with Crippen LogP contribution in [0.15, 0.2) is 58.4 Å². The highest BCUT2D eigenvalue weighted by atomic mass is 35.5. The van der Waals surface area contributed by atoms with E-state index in [0.717, 1.165) is 12.8 Å². The molecule has 1 aromatic carbocycles. The lowest BCUT2D eigenvalue weighted by Crippen LogP contribution is -2.37. The van der Waals surface area contributed by atoms with Gasteiger partial charge in [0.25, 0.3) is 5.91 Å². The molecule has 4 rings (SSSR count). The molecular weight excluding hydrogens is 370 g/mol. The van der Waals surface area contributed by atoms with E-state index in [1.54, 1.807) is 30.3 Å². The number of hydrogen-bond donors (Lipinski definition) is 1. The maximum atomic E-state index is 12.9. The van der Waals surface area contributed by atoms with E-state index in [1.807, 2.05) is 0 Å². The largest absolute Gasteiger partial charge is 0.503 e. The third-order valence-electron chi connectivity index (χ3n) is 4.90. The Bertz CT molecular complexity index is 882. The minimum atomic E-state index is -0.725. The molecule has 2 aliphatic heterocycles. The van der Waals surface area contributed by atoms with Crippen LogP contribution < -0.4 is 0 Å². The SMILES string of the molecule is O=C(C1=C(O)C(=O)N(C[C@@H]2CCCO2)[C@H]1c1ccc(Cl)cc1)c1ccco1. The number of aliphatic hydroxyl groups excluding tert-OH is 1. The van der Waals surface area contributed by atoms with Crippen molar-refractivity contribution >= 4 is 23.3 Å². The molecule has 140 valence electrons. The van der Waals surface area contributed by atoms with Gasteiger partial charge in [-0.05, 0) is 42.7 Å². The number of aliphatic hydroxyl groups is 1. The number of benzene rings is 1. The Morgan fingerprint density at radius 2 is 2.04 bits per heavy atom. The van der Waals surface area contributed by atoms with Gasteiger partial charge in [-0.1, -0.05) is 23.7 Å². The number of carbonyl (C=O) groups excluding carboxylic acids is 2. The van der Waals surface area contributed by atoms with Crippen LogP contribution in [0, 0.1) is 0 Å². The van der Waals surface area contributed by atoms with Crippen LogP contribution in [-0.2, 0) is 9.53 Å². The van der Waals surface area contributed by atoms with Gasteiger partial charge >= 0.3 is 0 Å². The first-order valence-electron chi connectivity index (χ1n) is 8.75. The third kappa shape index (κ3) is 3.26. The van der Waals surface area contributed by atoms with E-state index in [9.17, 15) is 14.7 Å². The second-order valence-electron chi connectivity index (χ2n) is 6.62. The fourth-order valence-corrected chi connectivity index (χ4v) is 3.74. The van der Waals surface area contributed by atoms with Gasteiger partial charge < -0.3 is 19.2 Å². The molecule has 0 aliphatic carbocycles. The quantitative estimate of drug-likeness (QED) is 0.791. The number of ether oxygens (including phenoxy) is 1. The number of hydrogen-bond acceptors (Lipinski definition) is 5. The van der Waals surface area contributed by atoms with Crippen molar-refractivity contribution in [2.45, 2.75) is 25.0 Å². The highest BCUT2D eigenvalue weighted by Gasteiger charge is 2.45. The standard InChI is InChI=1S/C20H18ClNO5/c21-13-7-5-12(6-8-13)17-16(18(23)15-4-2-10-27-15)19(24)20(25)22(17)11-14-3-1-9-26-14/h2,4-8,10,14,17,24H,1,3,9,11H2/t14-,17-/m0/s1. The Morgan fingerprint density at radius 3 is 2.67 bits per heavy atom. The van der Waals surface area contributed by atoms with E-state index >= 15 is 0 Å². The van der Waals surface area contributed by atoms with E-state index in [-0.39, 0.29) is 17.4 Å². The molecular formula is C20H18ClNO5. The molecule has 3 heterocycles. The molecule has 0 bridgehead atoms. The Labute approximate surface area is 161 Å². The maximum absolute atomic E-state index is 12.9. The van der Waals surface area contributed by atoms with Crippen molar-refractivity contribution < 1.29 is 23.8 Å². The summed E-state index contributed by atoms with van der Waals surface area (Å²) in [6, 6.07) is 9.24. The highest BCUT2D eigenvalue weighted by molar-refractivity contribution is 6.30. The van der Waals surface area contributed by atoms with Crippen molar-refractivity contribution in [2.75, 3.05) is 13.2 Å². The van der Waals surface area contributed by atoms with Gasteiger partial charge in [-0.25, -0.2) is 0 Å². The summed E-state index contributed by atoms with van der Waals surface area (Å²) in [7, 11) is 0. The third-order valence-corrected chi connectivity index (χ3v) is 5.16. The second-order valence-corrected chi connectivity index (χ2v) is 7.05. The first-order chi connectivity index (χ1) is 13.1. The van der Waals surface area contributed by atoms with Crippen LogP contribution in [0.2, 0.25) is 5.02 Å². The molecule has 6 nitrogen and oxygen atoms in total. The first kappa shape index (κ1) is 17.8. The molecule has 0 spiro atoms. The summed E-state index contributed by atoms with van der Waals surface area (Å²) >= 11 is 5.99. The van der Waals surface area contributed by atoms with Gasteiger partial charge in [0, 0.05) is 18.2 Å². The fourth-order valence-electron chi connectivity index (χ4n) is 3.61. The summed E-state index contributed by atoms with van der Waals surface area (Å²) < 4.78 is 10.8.